The summed E-state index contributed by atoms with van der Waals surface area (Å²) in [6.45, 7) is -0.294. The van der Waals surface area contributed by atoms with Crippen LogP contribution in [0.15, 0.2) is 12.3 Å². The molecule has 3 N–H and O–H groups in total. The Balaban J connectivity index is 2.99. The molecule has 0 unspecified atom stereocenters. The van der Waals surface area contributed by atoms with Crippen molar-refractivity contribution in [3.63, 3.8) is 0 Å². The molecule has 0 saturated heterocycles. The molecule has 0 aliphatic carbocycles. The van der Waals surface area contributed by atoms with Gasteiger partial charge in [-0.3, -0.25) is 5.32 Å². The Morgan fingerprint density at radius 1 is 1.69 bits per heavy atom. The van der Waals surface area contributed by atoms with Gasteiger partial charge in [-0.15, -0.1) is 0 Å². The van der Waals surface area contributed by atoms with Crippen LogP contribution in [0.3, 0.4) is 0 Å². The van der Waals surface area contributed by atoms with E-state index in [2.05, 4.69) is 10.3 Å². The van der Waals surface area contributed by atoms with Crippen LogP contribution in [0, 0.1) is 0 Å². The topological polar surface area (TPSA) is 82.5 Å². The summed E-state index contributed by atoms with van der Waals surface area (Å²) in [4.78, 5) is 13.9. The quantitative estimate of drug-likeness (QED) is 0.632. The Bertz CT molecular complexity index is 330. The Labute approximate surface area is 79.0 Å². The van der Waals surface area contributed by atoms with Gasteiger partial charge in [-0.1, -0.05) is 11.6 Å². The SMILES string of the molecule is O=C(O)Nc1cnc(Cl)cc1CO. The summed E-state index contributed by atoms with van der Waals surface area (Å²) in [6, 6.07) is 1.40. The zero-order chi connectivity index (χ0) is 9.84. The molecule has 13 heavy (non-hydrogen) atoms. The maximum absolute atomic E-state index is 10.3. The van der Waals surface area contributed by atoms with E-state index in [0.29, 0.717) is 5.56 Å². The van der Waals surface area contributed by atoms with Gasteiger partial charge in [0.25, 0.3) is 0 Å². The van der Waals surface area contributed by atoms with Crippen LogP contribution in [0.2, 0.25) is 5.15 Å². The summed E-state index contributed by atoms with van der Waals surface area (Å²) in [5, 5.41) is 19.5. The lowest BCUT2D eigenvalue weighted by atomic mass is 10.2. The zero-order valence-electron chi connectivity index (χ0n) is 6.49. The smallest absolute Gasteiger partial charge is 0.409 e. The maximum Gasteiger partial charge on any atom is 0.409 e. The lowest BCUT2D eigenvalue weighted by molar-refractivity contribution is 0.209. The molecular formula is C7H7ClN2O3. The number of pyridine rings is 1. The standard InChI is InChI=1S/C7H7ClN2O3/c8-6-1-4(3-11)5(2-9-6)10-7(12)13/h1-2,10-11H,3H2,(H,12,13). The zero-order valence-corrected chi connectivity index (χ0v) is 7.25. The molecule has 0 saturated carbocycles. The van der Waals surface area contributed by atoms with Crippen molar-refractivity contribution in [1.82, 2.24) is 4.98 Å². The van der Waals surface area contributed by atoms with Crippen molar-refractivity contribution in [2.75, 3.05) is 5.32 Å². The summed E-state index contributed by atoms with van der Waals surface area (Å²) in [6.07, 6.45) is 0.0426. The molecule has 1 aromatic heterocycles. The number of carbonyl (C=O) groups is 1. The van der Waals surface area contributed by atoms with E-state index in [4.69, 9.17) is 21.8 Å². The Kier molecular flexibility index (Phi) is 3.05. The molecule has 70 valence electrons. The molecule has 5 nitrogen and oxygen atoms in total. The normalized spacial score (nSPS) is 9.69. The predicted molar refractivity (Wildman–Crippen MR) is 46.8 cm³/mol. The number of nitrogens with one attached hydrogen (secondary N) is 1. The number of anilines is 1. The lowest BCUT2D eigenvalue weighted by Crippen LogP contribution is -2.09. The van der Waals surface area contributed by atoms with E-state index in [0.717, 1.165) is 0 Å². The van der Waals surface area contributed by atoms with E-state index in [1.54, 1.807) is 0 Å². The summed E-state index contributed by atoms with van der Waals surface area (Å²) in [5.41, 5.74) is 0.627. The molecule has 1 amide bonds. The minimum absolute atomic E-state index is 0.208. The van der Waals surface area contributed by atoms with Crippen LogP contribution < -0.4 is 5.32 Å². The first-order chi connectivity index (χ1) is 6.13. The van der Waals surface area contributed by atoms with Crippen LogP contribution in [0.5, 0.6) is 0 Å². The van der Waals surface area contributed by atoms with Crippen molar-refractivity contribution in [2.45, 2.75) is 6.61 Å². The van der Waals surface area contributed by atoms with Crippen molar-refractivity contribution in [3.8, 4) is 0 Å². The molecule has 0 aliphatic heterocycles. The largest absolute Gasteiger partial charge is 0.465 e. The number of aliphatic hydroxyl groups excluding tert-OH is 1. The second-order valence-electron chi connectivity index (χ2n) is 2.25. The number of amides is 1. The van der Waals surface area contributed by atoms with Crippen LogP contribution >= 0.6 is 11.6 Å². The van der Waals surface area contributed by atoms with E-state index < -0.39 is 6.09 Å². The fourth-order valence-electron chi connectivity index (χ4n) is 0.826. The highest BCUT2D eigenvalue weighted by atomic mass is 35.5. The lowest BCUT2D eigenvalue weighted by Gasteiger charge is -2.05. The average Bonchev–Trinajstić information content (AvgIpc) is 2.07. The van der Waals surface area contributed by atoms with Crippen LogP contribution in [0.25, 0.3) is 0 Å². The van der Waals surface area contributed by atoms with Gasteiger partial charge in [-0.2, -0.15) is 0 Å². The Morgan fingerprint density at radius 3 is 2.92 bits per heavy atom. The number of carboxylic acid groups (broad SMARTS) is 1. The van der Waals surface area contributed by atoms with Crippen molar-refractivity contribution >= 4 is 23.4 Å². The summed E-state index contributed by atoms with van der Waals surface area (Å²) >= 11 is 5.53. The van der Waals surface area contributed by atoms with Gasteiger partial charge >= 0.3 is 6.09 Å². The van der Waals surface area contributed by atoms with Gasteiger partial charge in [0.05, 0.1) is 18.5 Å². The second kappa shape index (κ2) is 4.06. The molecule has 1 rings (SSSR count). The third kappa shape index (κ3) is 2.57. The third-order valence-electron chi connectivity index (χ3n) is 1.37. The van der Waals surface area contributed by atoms with Crippen molar-refractivity contribution in [1.29, 1.82) is 0 Å². The number of aromatic nitrogens is 1. The molecule has 0 bridgehead atoms. The number of aliphatic hydroxyl groups is 1. The van der Waals surface area contributed by atoms with Crippen molar-refractivity contribution in [2.24, 2.45) is 0 Å². The summed E-state index contributed by atoms with van der Waals surface area (Å²) < 4.78 is 0. The molecule has 0 radical (unpaired) electrons. The molecular weight excluding hydrogens is 196 g/mol. The third-order valence-corrected chi connectivity index (χ3v) is 1.57. The van der Waals surface area contributed by atoms with E-state index in [1.807, 2.05) is 0 Å². The van der Waals surface area contributed by atoms with E-state index in [1.165, 1.54) is 12.3 Å². The van der Waals surface area contributed by atoms with Gasteiger partial charge in [0, 0.05) is 5.56 Å². The van der Waals surface area contributed by atoms with Gasteiger partial charge in [0.2, 0.25) is 0 Å². The van der Waals surface area contributed by atoms with Crippen molar-refractivity contribution in [3.05, 3.63) is 23.0 Å². The minimum atomic E-state index is -1.21. The summed E-state index contributed by atoms with van der Waals surface area (Å²) in [7, 11) is 0. The molecule has 0 spiro atoms. The predicted octanol–water partition coefficient (Wildman–Crippen LogP) is 1.32. The second-order valence-corrected chi connectivity index (χ2v) is 2.64. The maximum atomic E-state index is 10.3. The van der Waals surface area contributed by atoms with E-state index in [9.17, 15) is 4.79 Å². The van der Waals surface area contributed by atoms with Crippen molar-refractivity contribution < 1.29 is 15.0 Å². The molecule has 1 aromatic rings. The minimum Gasteiger partial charge on any atom is -0.465 e. The van der Waals surface area contributed by atoms with Gasteiger partial charge in [0.1, 0.15) is 5.15 Å². The van der Waals surface area contributed by atoms with E-state index in [-0.39, 0.29) is 17.4 Å². The molecule has 0 fully saturated rings. The number of rotatable bonds is 2. The average molecular weight is 203 g/mol. The Morgan fingerprint density at radius 2 is 2.38 bits per heavy atom. The van der Waals surface area contributed by atoms with Crippen LogP contribution in [-0.2, 0) is 6.61 Å². The van der Waals surface area contributed by atoms with Crippen LogP contribution in [0.1, 0.15) is 5.56 Å². The first kappa shape index (κ1) is 9.76. The van der Waals surface area contributed by atoms with Crippen LogP contribution in [-0.4, -0.2) is 21.3 Å². The number of nitrogens with zero attached hydrogens (tertiary/aromatic N) is 1. The molecule has 0 aromatic carbocycles. The fourth-order valence-corrected chi connectivity index (χ4v) is 1.01. The molecule has 0 aliphatic rings. The fraction of sp³-hybridized carbons (Fsp3) is 0.143. The number of halogens is 1. The number of hydrogen-bond acceptors (Lipinski definition) is 3. The van der Waals surface area contributed by atoms with Crippen LogP contribution in [0.4, 0.5) is 10.5 Å². The van der Waals surface area contributed by atoms with Gasteiger partial charge in [-0.25, -0.2) is 9.78 Å². The highest BCUT2D eigenvalue weighted by Crippen LogP contribution is 2.17. The van der Waals surface area contributed by atoms with Gasteiger partial charge in [0.15, 0.2) is 0 Å². The van der Waals surface area contributed by atoms with Gasteiger partial charge in [-0.05, 0) is 6.07 Å². The van der Waals surface area contributed by atoms with Gasteiger partial charge < -0.3 is 10.2 Å². The first-order valence-corrected chi connectivity index (χ1v) is 3.76. The van der Waals surface area contributed by atoms with E-state index >= 15 is 0 Å². The molecule has 1 heterocycles. The first-order valence-electron chi connectivity index (χ1n) is 3.38. The number of hydrogen-bond donors (Lipinski definition) is 3. The Hall–Kier alpha value is -1.33. The molecule has 0 atom stereocenters. The highest BCUT2D eigenvalue weighted by Gasteiger charge is 2.05. The highest BCUT2D eigenvalue weighted by molar-refractivity contribution is 6.29. The monoisotopic (exact) mass is 202 g/mol. The summed E-state index contributed by atoms with van der Waals surface area (Å²) in [5.74, 6) is 0. The molecule has 6 heteroatoms.